The number of carbonyl (C=O) groups is 1. The Bertz CT molecular complexity index is 1710. The Morgan fingerprint density at radius 1 is 0.684 bits per heavy atom. The SMILES string of the molecule is Cc1cc(C(=O)Nc2ccc(S(=O)(=O)Nc3cccc(Cl)c3C)cc2)ccc1NS(=O)(=O)c1ccccc1. The monoisotopic (exact) mass is 569 g/mol. The summed E-state index contributed by atoms with van der Waals surface area (Å²) in [5, 5.41) is 3.16. The van der Waals surface area contributed by atoms with Crippen LogP contribution in [0.15, 0.2) is 101 Å². The molecule has 4 aromatic carbocycles. The lowest BCUT2D eigenvalue weighted by Crippen LogP contribution is -2.16. The number of amides is 1. The lowest BCUT2D eigenvalue weighted by Gasteiger charge is -2.13. The normalized spacial score (nSPS) is 11.6. The summed E-state index contributed by atoms with van der Waals surface area (Å²) >= 11 is 6.08. The van der Waals surface area contributed by atoms with Gasteiger partial charge >= 0.3 is 0 Å². The van der Waals surface area contributed by atoms with Gasteiger partial charge in [0.05, 0.1) is 21.2 Å². The highest BCUT2D eigenvalue weighted by Gasteiger charge is 2.18. The molecular formula is C27H24ClN3O5S2. The Morgan fingerprint density at radius 2 is 1.29 bits per heavy atom. The summed E-state index contributed by atoms with van der Waals surface area (Å²) in [4.78, 5) is 12.9. The largest absolute Gasteiger partial charge is 0.322 e. The van der Waals surface area contributed by atoms with Gasteiger partial charge in [0.1, 0.15) is 0 Å². The zero-order valence-corrected chi connectivity index (χ0v) is 22.8. The number of sulfonamides is 2. The molecule has 0 saturated heterocycles. The van der Waals surface area contributed by atoms with Gasteiger partial charge in [-0.2, -0.15) is 0 Å². The standard InChI is InChI=1S/C27H24ClN3O5S2/c1-18-17-20(11-16-25(18)30-37(33,34)22-7-4-3-5-8-22)27(32)29-21-12-14-23(15-13-21)38(35,36)31-26-10-6-9-24(28)19(26)2/h3-17,30-31H,1-2H3,(H,29,32). The van der Waals surface area contributed by atoms with E-state index in [2.05, 4.69) is 14.8 Å². The highest BCUT2D eigenvalue weighted by atomic mass is 35.5. The van der Waals surface area contributed by atoms with Gasteiger partial charge in [0.2, 0.25) is 0 Å². The first-order chi connectivity index (χ1) is 18.0. The van der Waals surface area contributed by atoms with E-state index in [0.717, 1.165) is 0 Å². The molecule has 38 heavy (non-hydrogen) atoms. The highest BCUT2D eigenvalue weighted by Crippen LogP contribution is 2.26. The number of hydrogen-bond acceptors (Lipinski definition) is 5. The van der Waals surface area contributed by atoms with E-state index < -0.39 is 26.0 Å². The predicted molar refractivity (Wildman–Crippen MR) is 150 cm³/mol. The zero-order valence-electron chi connectivity index (χ0n) is 20.4. The van der Waals surface area contributed by atoms with Crippen LogP contribution >= 0.6 is 11.6 Å². The van der Waals surface area contributed by atoms with Crippen molar-refractivity contribution in [1.82, 2.24) is 0 Å². The minimum absolute atomic E-state index is 0.0146. The Balaban J connectivity index is 1.45. The summed E-state index contributed by atoms with van der Waals surface area (Å²) < 4.78 is 55.8. The van der Waals surface area contributed by atoms with Crippen molar-refractivity contribution in [1.29, 1.82) is 0 Å². The fourth-order valence-electron chi connectivity index (χ4n) is 3.57. The van der Waals surface area contributed by atoms with Crippen LogP contribution in [0, 0.1) is 13.8 Å². The second-order valence-electron chi connectivity index (χ2n) is 8.44. The number of halogens is 1. The molecule has 0 heterocycles. The van der Waals surface area contributed by atoms with Gasteiger partial charge in [-0.15, -0.1) is 0 Å². The molecule has 1 amide bonds. The Hall–Kier alpha value is -3.86. The van der Waals surface area contributed by atoms with Gasteiger partial charge in [-0.05, 0) is 91.7 Å². The fraction of sp³-hybridized carbons (Fsp3) is 0.0741. The van der Waals surface area contributed by atoms with Gasteiger partial charge in [-0.3, -0.25) is 14.2 Å². The quantitative estimate of drug-likeness (QED) is 0.247. The molecule has 0 radical (unpaired) electrons. The molecule has 0 aliphatic carbocycles. The average molecular weight is 570 g/mol. The van der Waals surface area contributed by atoms with Crippen LogP contribution in [0.2, 0.25) is 5.02 Å². The van der Waals surface area contributed by atoms with Crippen molar-refractivity contribution in [3.8, 4) is 0 Å². The van der Waals surface area contributed by atoms with Crippen molar-refractivity contribution in [2.45, 2.75) is 23.6 Å². The van der Waals surface area contributed by atoms with Gasteiger partial charge < -0.3 is 5.32 Å². The van der Waals surface area contributed by atoms with E-state index in [1.54, 1.807) is 56.3 Å². The Kier molecular flexibility index (Phi) is 7.77. The van der Waals surface area contributed by atoms with Crippen molar-refractivity contribution in [2.75, 3.05) is 14.8 Å². The molecule has 0 aromatic heterocycles. The molecule has 4 rings (SSSR count). The van der Waals surface area contributed by atoms with E-state index in [9.17, 15) is 21.6 Å². The van der Waals surface area contributed by atoms with Crippen molar-refractivity contribution < 1.29 is 21.6 Å². The summed E-state index contributed by atoms with van der Waals surface area (Å²) in [6.45, 7) is 3.40. The Labute approximate surface area is 226 Å². The molecular weight excluding hydrogens is 546 g/mol. The maximum atomic E-state index is 12.8. The van der Waals surface area contributed by atoms with Crippen LogP contribution < -0.4 is 14.8 Å². The van der Waals surface area contributed by atoms with E-state index in [4.69, 9.17) is 11.6 Å². The zero-order chi connectivity index (χ0) is 27.5. The Morgan fingerprint density at radius 3 is 1.92 bits per heavy atom. The molecule has 0 aliphatic heterocycles. The molecule has 0 spiro atoms. The van der Waals surface area contributed by atoms with Crippen LogP contribution in [0.5, 0.6) is 0 Å². The van der Waals surface area contributed by atoms with E-state index in [0.29, 0.717) is 38.8 Å². The van der Waals surface area contributed by atoms with Crippen LogP contribution in [0.4, 0.5) is 17.1 Å². The van der Waals surface area contributed by atoms with E-state index in [-0.39, 0.29) is 9.79 Å². The second kappa shape index (κ2) is 10.9. The molecule has 11 heteroatoms. The summed E-state index contributed by atoms with van der Waals surface area (Å²) in [5.41, 5.74) is 2.58. The summed E-state index contributed by atoms with van der Waals surface area (Å²) in [7, 11) is -7.64. The van der Waals surface area contributed by atoms with E-state index in [1.807, 2.05) is 0 Å². The van der Waals surface area contributed by atoms with Crippen LogP contribution in [0.1, 0.15) is 21.5 Å². The van der Waals surface area contributed by atoms with Gasteiger partial charge in [0, 0.05) is 16.3 Å². The predicted octanol–water partition coefficient (Wildman–Crippen LogP) is 5.81. The number of benzene rings is 4. The van der Waals surface area contributed by atoms with Crippen molar-refractivity contribution >= 4 is 54.6 Å². The van der Waals surface area contributed by atoms with Gasteiger partial charge in [-0.25, -0.2) is 16.8 Å². The smallest absolute Gasteiger partial charge is 0.261 e. The highest BCUT2D eigenvalue weighted by molar-refractivity contribution is 7.93. The van der Waals surface area contributed by atoms with Crippen molar-refractivity contribution in [2.24, 2.45) is 0 Å². The van der Waals surface area contributed by atoms with Gasteiger partial charge in [-0.1, -0.05) is 35.9 Å². The second-order valence-corrected chi connectivity index (χ2v) is 12.2. The maximum Gasteiger partial charge on any atom is 0.261 e. The molecule has 196 valence electrons. The third-order valence-electron chi connectivity index (χ3n) is 5.72. The van der Waals surface area contributed by atoms with Gasteiger partial charge in [0.25, 0.3) is 26.0 Å². The molecule has 0 saturated carbocycles. The number of nitrogens with one attached hydrogen (secondary N) is 3. The number of rotatable bonds is 8. The van der Waals surface area contributed by atoms with Crippen LogP contribution in [0.3, 0.4) is 0 Å². The first-order valence-electron chi connectivity index (χ1n) is 11.3. The van der Waals surface area contributed by atoms with E-state index in [1.165, 1.54) is 48.5 Å². The molecule has 3 N–H and O–H groups in total. The third-order valence-corrected chi connectivity index (χ3v) is 8.89. The van der Waals surface area contributed by atoms with Crippen LogP contribution in [-0.2, 0) is 20.0 Å². The lowest BCUT2D eigenvalue weighted by molar-refractivity contribution is 0.102. The molecule has 0 fully saturated rings. The first kappa shape index (κ1) is 27.2. The molecule has 8 nitrogen and oxygen atoms in total. The number of anilines is 3. The average Bonchev–Trinajstić information content (AvgIpc) is 2.88. The molecule has 4 aromatic rings. The number of carbonyl (C=O) groups excluding carboxylic acids is 1. The summed E-state index contributed by atoms with van der Waals surface area (Å²) in [6, 6.07) is 23.2. The first-order valence-corrected chi connectivity index (χ1v) is 14.7. The molecule has 0 unspecified atom stereocenters. The topological polar surface area (TPSA) is 121 Å². The van der Waals surface area contributed by atoms with Crippen LogP contribution in [-0.4, -0.2) is 22.7 Å². The number of hydrogen-bond donors (Lipinski definition) is 3. The van der Waals surface area contributed by atoms with E-state index >= 15 is 0 Å². The number of aryl methyl sites for hydroxylation is 1. The van der Waals surface area contributed by atoms with Gasteiger partial charge in [0.15, 0.2) is 0 Å². The van der Waals surface area contributed by atoms with Crippen molar-refractivity contribution in [3.63, 3.8) is 0 Å². The van der Waals surface area contributed by atoms with Crippen molar-refractivity contribution in [3.05, 3.63) is 113 Å². The fourth-order valence-corrected chi connectivity index (χ4v) is 6.01. The summed E-state index contributed by atoms with van der Waals surface area (Å²) in [6.07, 6.45) is 0. The summed E-state index contributed by atoms with van der Waals surface area (Å²) in [5.74, 6) is -0.436. The lowest BCUT2D eigenvalue weighted by atomic mass is 10.1. The molecule has 0 atom stereocenters. The third kappa shape index (κ3) is 6.16. The molecule has 0 aliphatic rings. The minimum atomic E-state index is -3.87. The van der Waals surface area contributed by atoms with Crippen LogP contribution in [0.25, 0.3) is 0 Å². The maximum absolute atomic E-state index is 12.8. The minimum Gasteiger partial charge on any atom is -0.322 e. The molecule has 0 bridgehead atoms.